The second-order valence-electron chi connectivity index (χ2n) is 6.74. The Kier molecular flexibility index (Phi) is 6.09. The molecule has 0 heterocycles. The van der Waals surface area contributed by atoms with Gasteiger partial charge in [-0.3, -0.25) is 14.4 Å². The molecule has 2 aromatic carbocycles. The van der Waals surface area contributed by atoms with Crippen molar-refractivity contribution in [1.82, 2.24) is 5.32 Å². The number of carbonyl (C=O) groups excluding carboxylic acids is 3. The summed E-state index contributed by atoms with van der Waals surface area (Å²) in [5.41, 5.74) is 3.41. The van der Waals surface area contributed by atoms with Gasteiger partial charge in [0.05, 0.1) is 7.11 Å². The van der Waals surface area contributed by atoms with Crippen molar-refractivity contribution in [3.05, 3.63) is 64.7 Å². The minimum absolute atomic E-state index is 0.246. The van der Waals surface area contributed by atoms with Crippen LogP contribution in [0.3, 0.4) is 0 Å². The number of esters is 1. The summed E-state index contributed by atoms with van der Waals surface area (Å²) in [6, 6.07) is 12.1. The second-order valence-corrected chi connectivity index (χ2v) is 6.74. The number of ketones is 1. The largest absolute Gasteiger partial charge is 0.497 e. The molecule has 2 aromatic rings. The molecule has 0 aromatic heterocycles. The number of nitrogens with one attached hydrogen (secondary N) is 1. The molecule has 0 spiro atoms. The Hall–Kier alpha value is -3.15. The van der Waals surface area contributed by atoms with Gasteiger partial charge in [-0.25, -0.2) is 0 Å². The van der Waals surface area contributed by atoms with E-state index in [1.165, 1.54) is 18.2 Å². The maximum atomic E-state index is 12.5. The molecule has 6 nitrogen and oxygen atoms in total. The Balaban J connectivity index is 1.50. The lowest BCUT2D eigenvalue weighted by Gasteiger charge is -2.13. The quantitative estimate of drug-likeness (QED) is 0.589. The van der Waals surface area contributed by atoms with Gasteiger partial charge in [-0.05, 0) is 67.6 Å². The van der Waals surface area contributed by atoms with Gasteiger partial charge in [0.2, 0.25) is 5.78 Å². The van der Waals surface area contributed by atoms with Crippen LogP contribution in [0.4, 0.5) is 0 Å². The van der Waals surface area contributed by atoms with Crippen molar-refractivity contribution in [2.24, 2.45) is 0 Å². The van der Waals surface area contributed by atoms with Crippen LogP contribution in [-0.2, 0) is 22.4 Å². The molecule has 3 rings (SSSR count). The molecule has 1 N–H and O–H groups in total. The van der Waals surface area contributed by atoms with Gasteiger partial charge >= 0.3 is 5.97 Å². The molecule has 28 heavy (non-hydrogen) atoms. The van der Waals surface area contributed by atoms with E-state index in [0.717, 1.165) is 19.3 Å². The topological polar surface area (TPSA) is 81.7 Å². The Morgan fingerprint density at radius 2 is 1.68 bits per heavy atom. The van der Waals surface area contributed by atoms with Crippen molar-refractivity contribution in [2.75, 3.05) is 13.7 Å². The normalized spacial score (nSPS) is 13.4. The molecule has 1 aliphatic rings. The highest BCUT2D eigenvalue weighted by Crippen LogP contribution is 2.23. The zero-order valence-electron chi connectivity index (χ0n) is 16.0. The van der Waals surface area contributed by atoms with Gasteiger partial charge in [0.25, 0.3) is 5.91 Å². The fourth-order valence-corrected chi connectivity index (χ4v) is 3.25. The van der Waals surface area contributed by atoms with E-state index in [9.17, 15) is 14.4 Å². The van der Waals surface area contributed by atoms with Gasteiger partial charge in [0, 0.05) is 11.1 Å². The highest BCUT2D eigenvalue weighted by molar-refractivity contribution is 6.01. The summed E-state index contributed by atoms with van der Waals surface area (Å²) < 4.78 is 10.2. The third-order valence-electron chi connectivity index (χ3n) is 4.81. The number of Topliss-reactive ketones (excluding diaryl/α,β-unsaturated/α-hetero) is 1. The number of aryl methyl sites for hydroxylation is 2. The Bertz CT molecular complexity index is 888. The van der Waals surface area contributed by atoms with Crippen LogP contribution in [-0.4, -0.2) is 37.4 Å². The molecule has 0 aliphatic heterocycles. The molecule has 1 aliphatic carbocycles. The number of amides is 1. The van der Waals surface area contributed by atoms with Gasteiger partial charge < -0.3 is 14.8 Å². The summed E-state index contributed by atoms with van der Waals surface area (Å²) >= 11 is 0. The summed E-state index contributed by atoms with van der Waals surface area (Å²) in [5.74, 6) is -0.680. The van der Waals surface area contributed by atoms with Crippen LogP contribution >= 0.6 is 0 Å². The number of benzene rings is 2. The summed E-state index contributed by atoms with van der Waals surface area (Å²) in [5, 5.41) is 2.49. The fraction of sp³-hybridized carbons (Fsp3) is 0.318. The first-order valence-electron chi connectivity index (χ1n) is 9.25. The van der Waals surface area contributed by atoms with E-state index in [4.69, 9.17) is 9.47 Å². The minimum Gasteiger partial charge on any atom is -0.497 e. The highest BCUT2D eigenvalue weighted by Gasteiger charge is 2.22. The van der Waals surface area contributed by atoms with E-state index in [1.54, 1.807) is 37.3 Å². The summed E-state index contributed by atoms with van der Waals surface area (Å²) in [6.07, 6.45) is 2.21. The van der Waals surface area contributed by atoms with E-state index in [-0.39, 0.29) is 12.3 Å². The molecule has 1 amide bonds. The van der Waals surface area contributed by atoms with Crippen LogP contribution in [0, 0.1) is 0 Å². The molecule has 1 atom stereocenters. The molecule has 0 unspecified atom stereocenters. The van der Waals surface area contributed by atoms with Gasteiger partial charge in [0.1, 0.15) is 12.3 Å². The van der Waals surface area contributed by atoms with Gasteiger partial charge in [-0.1, -0.05) is 12.1 Å². The standard InChI is InChI=1S/C22H23NO5/c1-14(21(25)18-7-6-15-4-3-5-17(15)12-18)28-20(24)13-23-22(26)16-8-10-19(27-2)11-9-16/h6-12,14H,3-5,13H2,1-2H3,(H,23,26)/t14-/m0/s1. The average Bonchev–Trinajstić information content (AvgIpc) is 3.19. The first-order chi connectivity index (χ1) is 13.5. The molecule has 0 radical (unpaired) electrons. The van der Waals surface area contributed by atoms with E-state index in [1.807, 2.05) is 12.1 Å². The number of rotatable bonds is 7. The molecule has 0 bridgehead atoms. The number of hydrogen-bond donors (Lipinski definition) is 1. The summed E-state index contributed by atoms with van der Waals surface area (Å²) in [6.45, 7) is 1.23. The maximum absolute atomic E-state index is 12.5. The minimum atomic E-state index is -0.912. The van der Waals surface area contributed by atoms with E-state index >= 15 is 0 Å². The SMILES string of the molecule is COc1ccc(C(=O)NCC(=O)O[C@@H](C)C(=O)c2ccc3c(c2)CCC3)cc1. The van der Waals surface area contributed by atoms with Gasteiger partial charge in [-0.2, -0.15) is 0 Å². The zero-order chi connectivity index (χ0) is 20.1. The molecular weight excluding hydrogens is 358 g/mol. The summed E-state index contributed by atoms with van der Waals surface area (Å²) in [7, 11) is 1.54. The van der Waals surface area contributed by atoms with E-state index in [0.29, 0.717) is 16.9 Å². The number of carbonyl (C=O) groups is 3. The molecule has 6 heteroatoms. The first-order valence-corrected chi connectivity index (χ1v) is 9.25. The lowest BCUT2D eigenvalue weighted by Crippen LogP contribution is -2.34. The van der Waals surface area contributed by atoms with E-state index in [2.05, 4.69) is 5.32 Å². The van der Waals surface area contributed by atoms with Crippen molar-refractivity contribution >= 4 is 17.7 Å². The van der Waals surface area contributed by atoms with Crippen LogP contribution in [0.1, 0.15) is 45.2 Å². The number of ether oxygens (including phenoxy) is 2. The highest BCUT2D eigenvalue weighted by atomic mass is 16.5. The second kappa shape index (κ2) is 8.69. The number of methoxy groups -OCH3 is 1. The lowest BCUT2D eigenvalue weighted by molar-refractivity contribution is -0.145. The maximum Gasteiger partial charge on any atom is 0.326 e. The Morgan fingerprint density at radius 3 is 2.39 bits per heavy atom. The molecule has 0 saturated heterocycles. The Morgan fingerprint density at radius 1 is 1.00 bits per heavy atom. The van der Waals surface area contributed by atoms with Crippen LogP contribution in [0.15, 0.2) is 42.5 Å². The van der Waals surface area contributed by atoms with Crippen molar-refractivity contribution < 1.29 is 23.9 Å². The van der Waals surface area contributed by atoms with Gasteiger partial charge in [0.15, 0.2) is 6.10 Å². The van der Waals surface area contributed by atoms with Crippen LogP contribution < -0.4 is 10.1 Å². The number of hydrogen-bond acceptors (Lipinski definition) is 5. The predicted molar refractivity (Wildman–Crippen MR) is 104 cm³/mol. The molecule has 0 saturated carbocycles. The Labute approximate surface area is 163 Å². The smallest absolute Gasteiger partial charge is 0.326 e. The average molecular weight is 381 g/mol. The van der Waals surface area contributed by atoms with E-state index < -0.39 is 18.0 Å². The van der Waals surface area contributed by atoms with Gasteiger partial charge in [-0.15, -0.1) is 0 Å². The lowest BCUT2D eigenvalue weighted by atomic mass is 10.0. The molecule has 146 valence electrons. The summed E-state index contributed by atoms with van der Waals surface area (Å²) in [4.78, 5) is 36.6. The first kappa shape index (κ1) is 19.6. The van der Waals surface area contributed by atoms with Crippen molar-refractivity contribution in [1.29, 1.82) is 0 Å². The van der Waals surface area contributed by atoms with Crippen molar-refractivity contribution in [2.45, 2.75) is 32.3 Å². The predicted octanol–water partition coefficient (Wildman–Crippen LogP) is 2.73. The fourth-order valence-electron chi connectivity index (χ4n) is 3.25. The third-order valence-corrected chi connectivity index (χ3v) is 4.81. The molecule has 0 fully saturated rings. The number of fused-ring (bicyclic) bond motifs is 1. The third kappa shape index (κ3) is 4.57. The van der Waals surface area contributed by atoms with Crippen molar-refractivity contribution in [3.63, 3.8) is 0 Å². The van der Waals surface area contributed by atoms with Crippen LogP contribution in [0.5, 0.6) is 5.75 Å². The van der Waals surface area contributed by atoms with Crippen molar-refractivity contribution in [3.8, 4) is 5.75 Å². The van der Waals surface area contributed by atoms with Crippen LogP contribution in [0.2, 0.25) is 0 Å². The van der Waals surface area contributed by atoms with Crippen LogP contribution in [0.25, 0.3) is 0 Å². The molecular formula is C22H23NO5. The monoisotopic (exact) mass is 381 g/mol. The zero-order valence-corrected chi connectivity index (χ0v) is 16.0.